The molecule has 4 heterocycles. The van der Waals surface area contributed by atoms with E-state index in [4.69, 9.17) is 19.5 Å². The molecule has 11 aromatic rings. The molecule has 0 unspecified atom stereocenters. The summed E-state index contributed by atoms with van der Waals surface area (Å²) < 4.78 is 23.1. The quantitative estimate of drug-likeness (QED) is 0.145. The fourth-order valence-electron chi connectivity index (χ4n) is 9.56. The third-order valence-electron chi connectivity index (χ3n) is 13.4. The largest absolute Gasteiger partial charge is 0.501 e. The summed E-state index contributed by atoms with van der Waals surface area (Å²) >= 11 is 0. The molecule has 4 aromatic heterocycles. The molecule has 0 atom stereocenters. The van der Waals surface area contributed by atoms with Crippen LogP contribution >= 0.6 is 0 Å². The van der Waals surface area contributed by atoms with Crippen LogP contribution in [0.2, 0.25) is 0 Å². The van der Waals surface area contributed by atoms with E-state index in [1.165, 1.54) is 28.3 Å². The molecule has 0 bridgehead atoms. The van der Waals surface area contributed by atoms with Crippen LogP contribution in [0.5, 0.6) is 0 Å². The number of para-hydroxylation sites is 1. The van der Waals surface area contributed by atoms with Crippen molar-refractivity contribution in [3.63, 3.8) is 0 Å². The number of nitrogens with zero attached hydrogens (tertiary/aromatic N) is 4. The summed E-state index contributed by atoms with van der Waals surface area (Å²) in [6, 6.07) is 61.1. The summed E-state index contributed by atoms with van der Waals surface area (Å²) in [4.78, 5) is 25.6. The second-order valence-corrected chi connectivity index (χ2v) is 20.1. The number of aromatic carboxylic acids is 1. The maximum atomic E-state index is 13.9. The van der Waals surface area contributed by atoms with Gasteiger partial charge in [0.15, 0.2) is 0 Å². The van der Waals surface area contributed by atoms with E-state index in [0.29, 0.717) is 5.69 Å². The number of halogens is 1. The van der Waals surface area contributed by atoms with Crippen LogP contribution in [0.4, 0.5) is 4.39 Å². The van der Waals surface area contributed by atoms with E-state index in [9.17, 15) is 9.18 Å². The summed E-state index contributed by atoms with van der Waals surface area (Å²) in [5, 5.41) is 10.9. The van der Waals surface area contributed by atoms with Gasteiger partial charge >= 0.3 is 0 Å². The zero-order valence-corrected chi connectivity index (χ0v) is 45.0. The van der Waals surface area contributed by atoms with E-state index < -0.39 is 11.8 Å². The predicted molar refractivity (Wildman–Crippen MR) is 294 cm³/mol. The van der Waals surface area contributed by atoms with E-state index in [1.807, 2.05) is 18.2 Å². The SMILES string of the molecule is CC(C)(C)c1ccc(-c2[c-]cc(C(=O)O)cc2F)nc1.Cc1nc(-c2ccccc2)cc2nc(-c3[c-]ccc4c3oc3cc(-c5cccc(-c6ccccc6)c5)ccc34)n(-c3c(C(C)C)cccc3C(C)C)c12.[Ir]. The van der Waals surface area contributed by atoms with Crippen LogP contribution in [0.15, 0.2) is 174 Å². The van der Waals surface area contributed by atoms with Gasteiger partial charge in [0.1, 0.15) is 5.58 Å². The van der Waals surface area contributed by atoms with Gasteiger partial charge in [0, 0.05) is 48.8 Å². The summed E-state index contributed by atoms with van der Waals surface area (Å²) in [6.07, 6.45) is 1.70. The number of fused-ring (bicyclic) bond motifs is 4. The normalized spacial score (nSPS) is 11.6. The number of hydrogen-bond donors (Lipinski definition) is 1. The minimum absolute atomic E-state index is 0. The number of imidazole rings is 1. The van der Waals surface area contributed by atoms with Crippen LogP contribution in [-0.2, 0) is 25.5 Å². The summed E-state index contributed by atoms with van der Waals surface area (Å²) in [6.45, 7) is 17.4. The average molecular weight is 1150 g/mol. The van der Waals surface area contributed by atoms with Gasteiger partial charge in [-0.15, -0.1) is 30.3 Å². The van der Waals surface area contributed by atoms with Crippen LogP contribution in [0, 0.1) is 24.9 Å². The Morgan fingerprint density at radius 3 is 1.92 bits per heavy atom. The number of furan rings is 1. The Kier molecular flexibility index (Phi) is 14.5. The zero-order chi connectivity index (χ0) is 51.1. The van der Waals surface area contributed by atoms with E-state index >= 15 is 0 Å². The smallest absolute Gasteiger partial charge is 0.292 e. The van der Waals surface area contributed by atoms with Crippen molar-refractivity contribution >= 4 is 38.9 Å². The van der Waals surface area contributed by atoms with Crippen molar-refractivity contribution in [2.24, 2.45) is 0 Å². The molecule has 1 N–H and O–H groups in total. The Labute approximate surface area is 445 Å². The van der Waals surface area contributed by atoms with Crippen LogP contribution in [0.25, 0.3) is 94.8 Å². The number of carboxylic acid groups (broad SMARTS) is 1. The first-order valence-corrected chi connectivity index (χ1v) is 24.7. The Hall–Kier alpha value is -7.84. The number of hydrogen-bond acceptors (Lipinski definition) is 5. The molecule has 0 fully saturated rings. The molecule has 0 saturated carbocycles. The molecule has 11 rings (SSSR count). The van der Waals surface area contributed by atoms with Crippen LogP contribution in [-0.4, -0.2) is 30.6 Å². The van der Waals surface area contributed by atoms with Crippen molar-refractivity contribution in [2.75, 3.05) is 0 Å². The van der Waals surface area contributed by atoms with E-state index in [1.54, 1.807) is 12.3 Å². The van der Waals surface area contributed by atoms with Gasteiger partial charge in [0.05, 0.1) is 33.8 Å². The van der Waals surface area contributed by atoms with Crippen LogP contribution < -0.4 is 0 Å². The number of pyridine rings is 2. The number of carboxylic acids is 1. The number of benzene rings is 7. The van der Waals surface area contributed by atoms with Crippen LogP contribution in [0.1, 0.15) is 93.0 Å². The average Bonchev–Trinajstić information content (AvgIpc) is 3.98. The molecule has 0 saturated heterocycles. The maximum Gasteiger partial charge on any atom is 0.292 e. The first kappa shape index (κ1) is 51.1. The Bertz CT molecular complexity index is 3810. The van der Waals surface area contributed by atoms with Gasteiger partial charge in [-0.3, -0.25) is 19.2 Å². The molecule has 74 heavy (non-hydrogen) atoms. The van der Waals surface area contributed by atoms with Gasteiger partial charge < -0.3 is 19.1 Å². The molecule has 9 heteroatoms. The van der Waals surface area contributed by atoms with E-state index in [0.717, 1.165) is 89.8 Å². The van der Waals surface area contributed by atoms with Gasteiger partial charge in [-0.1, -0.05) is 192 Å². The Balaban J connectivity index is 0.000000270. The van der Waals surface area contributed by atoms with Gasteiger partial charge in [-0.05, 0) is 92.6 Å². The van der Waals surface area contributed by atoms with Crippen molar-refractivity contribution in [2.45, 2.75) is 72.6 Å². The molecule has 0 amide bonds. The van der Waals surface area contributed by atoms with Gasteiger partial charge in [-0.2, -0.15) is 0 Å². The Morgan fingerprint density at radius 1 is 0.662 bits per heavy atom. The van der Waals surface area contributed by atoms with Crippen molar-refractivity contribution in [1.82, 2.24) is 19.5 Å². The molecule has 0 aliphatic rings. The molecule has 0 aliphatic heterocycles. The number of aromatic nitrogens is 4. The van der Waals surface area contributed by atoms with Crippen molar-refractivity contribution < 1.29 is 38.8 Å². The van der Waals surface area contributed by atoms with Crippen molar-refractivity contribution in [3.8, 4) is 61.8 Å². The second-order valence-electron chi connectivity index (χ2n) is 20.1. The van der Waals surface area contributed by atoms with Gasteiger partial charge in [0.2, 0.25) is 0 Å². The third-order valence-corrected chi connectivity index (χ3v) is 13.4. The third kappa shape index (κ3) is 9.98. The molecule has 0 aliphatic carbocycles. The first-order valence-electron chi connectivity index (χ1n) is 24.7. The molecule has 1 radical (unpaired) electrons. The predicted octanol–water partition coefficient (Wildman–Crippen LogP) is 17.0. The molecular formula is C65H55FIrN4O3-2. The van der Waals surface area contributed by atoms with Gasteiger partial charge in [0.25, 0.3) is 5.97 Å². The number of rotatable bonds is 9. The number of aryl methyl sites for hydroxylation is 1. The second kappa shape index (κ2) is 20.9. The van der Waals surface area contributed by atoms with Crippen molar-refractivity contribution in [3.05, 3.63) is 216 Å². The maximum absolute atomic E-state index is 13.9. The molecule has 0 spiro atoms. The Morgan fingerprint density at radius 2 is 1.30 bits per heavy atom. The monoisotopic (exact) mass is 1150 g/mol. The molecule has 7 aromatic carbocycles. The van der Waals surface area contributed by atoms with Crippen molar-refractivity contribution in [1.29, 1.82) is 0 Å². The van der Waals surface area contributed by atoms with E-state index in [2.05, 4.69) is 204 Å². The topological polar surface area (TPSA) is 94.0 Å². The summed E-state index contributed by atoms with van der Waals surface area (Å²) in [7, 11) is 0. The minimum Gasteiger partial charge on any atom is -0.501 e. The fraction of sp³-hybridized carbons (Fsp3) is 0.169. The first-order chi connectivity index (χ1) is 35.1. The molecule has 371 valence electrons. The molecule has 7 nitrogen and oxygen atoms in total. The standard InChI is InChI=1S/C49H40N3O.C16H15FNO2.Ir/c1-30(2)38-21-13-22-39(31(3)4)47(38)52-46-32(5)50-43(34-17-10-7-11-18-34)29-44(46)51-49(52)42-24-14-23-41-40-26-25-37(28-45(40)53-48(41)42)36-20-12-19-35(27-36)33-15-8-6-9-16-33;1-16(2,3)11-5-7-14(18-9-11)12-6-4-10(15(19)20)8-13(12)17;/h6-23,25-31H,1-5H3;4-5,7-9H,1-3H3,(H,19,20);/q2*-1;. The minimum atomic E-state index is -1.18. The van der Waals surface area contributed by atoms with E-state index in [-0.39, 0.29) is 48.5 Å². The fourth-order valence-corrected chi connectivity index (χ4v) is 9.56. The van der Waals surface area contributed by atoms with Gasteiger partial charge in [-0.25, -0.2) is 0 Å². The zero-order valence-electron chi connectivity index (χ0n) is 42.6. The summed E-state index contributed by atoms with van der Waals surface area (Å²) in [5.74, 6) is -0.444. The van der Waals surface area contributed by atoms with Crippen LogP contribution in [0.3, 0.4) is 0 Å². The molecular weight excluding hydrogens is 1100 g/mol. The summed E-state index contributed by atoms with van der Waals surface area (Å²) in [5.41, 5.74) is 17.1. The number of carbonyl (C=O) groups is 1.